The smallest absolute Gasteiger partial charge is 0.243 e. The van der Waals surface area contributed by atoms with Crippen LogP contribution in [0.4, 0.5) is 10.2 Å². The first-order valence-corrected chi connectivity index (χ1v) is 9.66. The van der Waals surface area contributed by atoms with Gasteiger partial charge in [0.05, 0.1) is 0 Å². The fraction of sp³-hybridized carbons (Fsp3) is 0.0526. The van der Waals surface area contributed by atoms with E-state index in [-0.39, 0.29) is 24.1 Å². The minimum absolute atomic E-state index is 0. The third-order valence-corrected chi connectivity index (χ3v) is 5.44. The average Bonchev–Trinajstić information content (AvgIpc) is 2.64. The lowest BCUT2D eigenvalue weighted by Crippen LogP contribution is -2.19. The number of pyridine rings is 1. The molecule has 3 aromatic rings. The Morgan fingerprint density at radius 1 is 1.07 bits per heavy atom. The Labute approximate surface area is 180 Å². The van der Waals surface area contributed by atoms with E-state index in [1.165, 1.54) is 23.9 Å². The summed E-state index contributed by atoms with van der Waals surface area (Å²) in [6.07, 6.45) is 1.61. The molecule has 0 bridgehead atoms. The van der Waals surface area contributed by atoms with Crippen molar-refractivity contribution in [3.05, 3.63) is 87.7 Å². The molecule has 3 rings (SSSR count). The molecule has 27 heavy (non-hydrogen) atoms. The van der Waals surface area contributed by atoms with Gasteiger partial charge in [0.25, 0.3) is 0 Å². The van der Waals surface area contributed by atoms with Crippen LogP contribution in [-0.4, -0.2) is 10.9 Å². The normalized spacial score (nSPS) is 11.4. The number of hydrogen-bond donors (Lipinski definition) is 1. The van der Waals surface area contributed by atoms with Crippen molar-refractivity contribution in [3.63, 3.8) is 0 Å². The first-order chi connectivity index (χ1) is 12.5. The number of thioether (sulfide) groups is 1. The van der Waals surface area contributed by atoms with Gasteiger partial charge in [-0.3, -0.25) is 4.79 Å². The zero-order valence-electron chi connectivity index (χ0n) is 13.7. The molecule has 0 fully saturated rings. The van der Waals surface area contributed by atoms with Gasteiger partial charge < -0.3 is 5.32 Å². The maximum atomic E-state index is 13.2. The number of nitrogens with zero attached hydrogens (tertiary/aromatic N) is 1. The van der Waals surface area contributed by atoms with E-state index in [9.17, 15) is 9.18 Å². The van der Waals surface area contributed by atoms with Crippen LogP contribution in [0.15, 0.2) is 76.2 Å². The van der Waals surface area contributed by atoms with Gasteiger partial charge >= 0.3 is 0 Å². The quantitative estimate of drug-likeness (QED) is 0.416. The lowest BCUT2D eigenvalue weighted by molar-refractivity contribution is -0.115. The highest BCUT2D eigenvalue weighted by Gasteiger charge is 2.22. The Morgan fingerprint density at radius 3 is 2.33 bits per heavy atom. The second-order valence-corrected chi connectivity index (χ2v) is 7.88. The second-order valence-electron chi connectivity index (χ2n) is 5.35. The fourth-order valence-electron chi connectivity index (χ4n) is 2.20. The summed E-state index contributed by atoms with van der Waals surface area (Å²) in [6, 6.07) is 16.6. The zero-order chi connectivity index (χ0) is 18.5. The Bertz CT molecular complexity index is 893. The highest BCUT2D eigenvalue weighted by molar-refractivity contribution is 9.10. The SMILES string of the molecule is Cl.O=C(Nc1ccc(Br)cn1)C(Sc1ccc(F)cc1)c1ccc(Cl)cc1. The van der Waals surface area contributed by atoms with Crippen LogP contribution in [0, 0.1) is 5.82 Å². The topological polar surface area (TPSA) is 42.0 Å². The maximum Gasteiger partial charge on any atom is 0.243 e. The van der Waals surface area contributed by atoms with Gasteiger partial charge in [-0.25, -0.2) is 9.37 Å². The van der Waals surface area contributed by atoms with Crippen LogP contribution in [0.25, 0.3) is 0 Å². The fourth-order valence-corrected chi connectivity index (χ4v) is 3.59. The van der Waals surface area contributed by atoms with Crippen LogP contribution in [-0.2, 0) is 4.79 Å². The average molecular weight is 488 g/mol. The van der Waals surface area contributed by atoms with E-state index < -0.39 is 5.25 Å². The van der Waals surface area contributed by atoms with Gasteiger partial charge in [-0.1, -0.05) is 23.7 Å². The lowest BCUT2D eigenvalue weighted by Gasteiger charge is -2.17. The van der Waals surface area contributed by atoms with Gasteiger partial charge in [0.1, 0.15) is 16.9 Å². The Balaban J connectivity index is 0.00000261. The molecular weight excluding hydrogens is 474 g/mol. The number of anilines is 1. The molecule has 1 aromatic heterocycles. The lowest BCUT2D eigenvalue weighted by atomic mass is 10.1. The Morgan fingerprint density at radius 2 is 1.74 bits per heavy atom. The zero-order valence-corrected chi connectivity index (χ0v) is 17.7. The van der Waals surface area contributed by atoms with Crippen molar-refractivity contribution in [1.29, 1.82) is 0 Å². The summed E-state index contributed by atoms with van der Waals surface area (Å²) in [4.78, 5) is 17.8. The summed E-state index contributed by atoms with van der Waals surface area (Å²) in [7, 11) is 0. The van der Waals surface area contributed by atoms with Gasteiger partial charge in [-0.2, -0.15) is 0 Å². The van der Waals surface area contributed by atoms with Gasteiger partial charge in [-0.05, 0) is 70.0 Å². The first-order valence-electron chi connectivity index (χ1n) is 7.61. The van der Waals surface area contributed by atoms with Crippen molar-refractivity contribution >= 4 is 63.4 Å². The number of amides is 1. The van der Waals surface area contributed by atoms with Crippen LogP contribution in [0.1, 0.15) is 10.8 Å². The van der Waals surface area contributed by atoms with Crippen molar-refractivity contribution in [1.82, 2.24) is 4.98 Å². The highest BCUT2D eigenvalue weighted by atomic mass is 79.9. The number of halogens is 4. The monoisotopic (exact) mass is 486 g/mol. The number of benzene rings is 2. The molecule has 0 radical (unpaired) electrons. The molecule has 0 aliphatic rings. The summed E-state index contributed by atoms with van der Waals surface area (Å²) < 4.78 is 14.0. The molecule has 140 valence electrons. The Kier molecular flexibility index (Phi) is 8.10. The molecule has 3 nitrogen and oxygen atoms in total. The number of rotatable bonds is 5. The van der Waals surface area contributed by atoms with Crippen LogP contribution in [0.5, 0.6) is 0 Å². The van der Waals surface area contributed by atoms with Crippen LogP contribution < -0.4 is 5.32 Å². The number of aromatic nitrogens is 1. The van der Waals surface area contributed by atoms with Crippen molar-refractivity contribution in [2.24, 2.45) is 0 Å². The van der Waals surface area contributed by atoms with E-state index in [0.29, 0.717) is 10.8 Å². The molecule has 0 saturated carbocycles. The predicted octanol–water partition coefficient (Wildman–Crippen LogP) is 6.53. The Hall–Kier alpha value is -1.60. The van der Waals surface area contributed by atoms with Gasteiger partial charge in [0.15, 0.2) is 0 Å². The molecular formula is C19H14BrCl2FN2OS. The molecule has 2 aromatic carbocycles. The molecule has 1 atom stereocenters. The van der Waals surface area contributed by atoms with Crippen LogP contribution in [0.3, 0.4) is 0 Å². The predicted molar refractivity (Wildman–Crippen MR) is 114 cm³/mol. The molecule has 1 amide bonds. The molecule has 0 aliphatic carbocycles. The van der Waals surface area contributed by atoms with E-state index in [0.717, 1.165) is 14.9 Å². The van der Waals surface area contributed by atoms with Crippen molar-refractivity contribution in [2.45, 2.75) is 10.1 Å². The molecule has 0 aliphatic heterocycles. The van der Waals surface area contributed by atoms with E-state index in [2.05, 4.69) is 26.2 Å². The number of hydrogen-bond acceptors (Lipinski definition) is 3. The van der Waals surface area contributed by atoms with Gasteiger partial charge in [0.2, 0.25) is 5.91 Å². The number of carbonyl (C=O) groups excluding carboxylic acids is 1. The van der Waals surface area contributed by atoms with Gasteiger partial charge in [-0.15, -0.1) is 24.2 Å². The van der Waals surface area contributed by atoms with Gasteiger partial charge in [0, 0.05) is 20.6 Å². The molecule has 1 unspecified atom stereocenters. The molecule has 0 spiro atoms. The summed E-state index contributed by atoms with van der Waals surface area (Å²) in [5.74, 6) is -0.0887. The molecule has 0 saturated heterocycles. The third-order valence-electron chi connectivity index (χ3n) is 3.46. The van der Waals surface area contributed by atoms with Crippen LogP contribution >= 0.6 is 51.7 Å². The van der Waals surface area contributed by atoms with Crippen molar-refractivity contribution in [3.8, 4) is 0 Å². The van der Waals surface area contributed by atoms with E-state index >= 15 is 0 Å². The summed E-state index contributed by atoms with van der Waals surface area (Å²) >= 11 is 10.6. The van der Waals surface area contributed by atoms with Crippen molar-refractivity contribution < 1.29 is 9.18 Å². The molecule has 1 heterocycles. The maximum absolute atomic E-state index is 13.2. The van der Waals surface area contributed by atoms with E-state index in [1.807, 2.05) is 0 Å². The number of nitrogens with one attached hydrogen (secondary N) is 1. The minimum Gasteiger partial charge on any atom is -0.309 e. The summed E-state index contributed by atoms with van der Waals surface area (Å²) in [5.41, 5.74) is 0.790. The number of carbonyl (C=O) groups is 1. The third kappa shape index (κ3) is 6.21. The first kappa shape index (κ1) is 21.7. The highest BCUT2D eigenvalue weighted by Crippen LogP contribution is 2.36. The molecule has 8 heteroatoms. The van der Waals surface area contributed by atoms with E-state index in [4.69, 9.17) is 11.6 Å². The standard InChI is InChI=1S/C19H13BrClFN2OS.ClH/c20-13-3-10-17(23-11-13)24-19(25)18(12-1-4-14(21)5-2-12)26-16-8-6-15(22)7-9-16;/h1-11,18H,(H,23,24,25);1H. The summed E-state index contributed by atoms with van der Waals surface area (Å²) in [6.45, 7) is 0. The van der Waals surface area contributed by atoms with Crippen LogP contribution in [0.2, 0.25) is 5.02 Å². The minimum atomic E-state index is -0.539. The van der Waals surface area contributed by atoms with E-state index in [1.54, 1.807) is 54.7 Å². The second kappa shape index (κ2) is 10.1. The molecule has 1 N–H and O–H groups in total. The largest absolute Gasteiger partial charge is 0.309 e. The van der Waals surface area contributed by atoms with Crippen molar-refractivity contribution in [2.75, 3.05) is 5.32 Å². The summed E-state index contributed by atoms with van der Waals surface area (Å²) in [5, 5.41) is 2.87.